The Bertz CT molecular complexity index is 507. The summed E-state index contributed by atoms with van der Waals surface area (Å²) in [6.07, 6.45) is 2.70. The zero-order valence-electron chi connectivity index (χ0n) is 11.0. The molecule has 0 saturated heterocycles. The molecule has 0 radical (unpaired) electrons. The average molecular weight is 246 g/mol. The molecule has 2 rings (SSSR count). The highest BCUT2D eigenvalue weighted by atomic mass is 16.6. The van der Waals surface area contributed by atoms with Gasteiger partial charge in [0.1, 0.15) is 0 Å². The van der Waals surface area contributed by atoms with Crippen molar-refractivity contribution in [3.05, 3.63) is 45.1 Å². The molecule has 1 aliphatic heterocycles. The predicted octanol–water partition coefficient (Wildman–Crippen LogP) is 2.95. The Kier molecular flexibility index (Phi) is 3.36. The van der Waals surface area contributed by atoms with E-state index in [1.807, 2.05) is 26.0 Å². The first-order valence-corrected chi connectivity index (χ1v) is 6.19. The van der Waals surface area contributed by atoms with Gasteiger partial charge < -0.3 is 4.90 Å². The lowest BCUT2D eigenvalue weighted by Gasteiger charge is -2.11. The molecule has 0 unspecified atom stereocenters. The molecule has 0 spiro atoms. The third-order valence-electron chi connectivity index (χ3n) is 3.35. The molecule has 1 aliphatic rings. The van der Waals surface area contributed by atoms with Gasteiger partial charge in [-0.05, 0) is 29.7 Å². The van der Waals surface area contributed by atoms with Crippen LogP contribution < -0.4 is 4.90 Å². The molecule has 4 heteroatoms. The maximum absolute atomic E-state index is 11.0. The highest BCUT2D eigenvalue weighted by molar-refractivity contribution is 5.63. The van der Waals surface area contributed by atoms with E-state index in [9.17, 15) is 10.1 Å². The number of fused-ring (bicyclic) bond motifs is 1. The summed E-state index contributed by atoms with van der Waals surface area (Å²) in [5, 5.41) is 11.0. The second kappa shape index (κ2) is 4.80. The van der Waals surface area contributed by atoms with Crippen LogP contribution in [0.25, 0.3) is 6.08 Å². The molecule has 4 nitrogen and oxygen atoms in total. The molecule has 18 heavy (non-hydrogen) atoms. The van der Waals surface area contributed by atoms with Crippen LogP contribution >= 0.6 is 0 Å². The van der Waals surface area contributed by atoms with Crippen molar-refractivity contribution in [3.8, 4) is 0 Å². The fourth-order valence-corrected chi connectivity index (χ4v) is 2.28. The van der Waals surface area contributed by atoms with E-state index in [0.717, 1.165) is 18.5 Å². The molecule has 0 N–H and O–H groups in total. The smallest absolute Gasteiger partial charge is 0.249 e. The highest BCUT2D eigenvalue weighted by Crippen LogP contribution is 2.28. The summed E-state index contributed by atoms with van der Waals surface area (Å²) < 4.78 is 0. The third-order valence-corrected chi connectivity index (χ3v) is 3.35. The monoisotopic (exact) mass is 246 g/mol. The van der Waals surface area contributed by atoms with Gasteiger partial charge >= 0.3 is 0 Å². The predicted molar refractivity (Wildman–Crippen MR) is 73.2 cm³/mol. The van der Waals surface area contributed by atoms with Gasteiger partial charge in [-0.3, -0.25) is 10.1 Å². The Morgan fingerprint density at radius 3 is 2.83 bits per heavy atom. The maximum Gasteiger partial charge on any atom is 0.249 e. The Balaban J connectivity index is 2.35. The number of benzene rings is 1. The molecule has 1 aromatic rings. The van der Waals surface area contributed by atoms with Gasteiger partial charge in [0.2, 0.25) is 5.70 Å². The van der Waals surface area contributed by atoms with Crippen LogP contribution in [0.1, 0.15) is 25.0 Å². The molecule has 0 saturated carbocycles. The lowest BCUT2D eigenvalue weighted by atomic mass is 10.0. The Hall–Kier alpha value is -1.84. The first kappa shape index (κ1) is 12.6. The quantitative estimate of drug-likeness (QED) is 0.608. The van der Waals surface area contributed by atoms with E-state index in [-0.39, 0.29) is 16.5 Å². The lowest BCUT2D eigenvalue weighted by Crippen LogP contribution is -2.12. The number of likely N-dealkylation sites (N-methyl/N-ethyl adjacent to an activating group) is 1. The molecule has 0 bridgehead atoms. The highest BCUT2D eigenvalue weighted by Gasteiger charge is 2.18. The van der Waals surface area contributed by atoms with Crippen LogP contribution in [0.5, 0.6) is 0 Å². The topological polar surface area (TPSA) is 46.4 Å². The SMILES string of the molecule is CC(C)/C(=C/c1ccc2c(c1)CCN2C)[N+](=O)[O-]. The van der Waals surface area contributed by atoms with E-state index in [0.29, 0.717) is 0 Å². The van der Waals surface area contributed by atoms with Crippen LogP contribution in [0, 0.1) is 16.0 Å². The number of rotatable bonds is 3. The zero-order chi connectivity index (χ0) is 13.3. The molecule has 0 amide bonds. The maximum atomic E-state index is 11.0. The average Bonchev–Trinajstić information content (AvgIpc) is 2.67. The van der Waals surface area contributed by atoms with Crippen LogP contribution in [0.15, 0.2) is 23.9 Å². The molecular weight excluding hydrogens is 228 g/mol. The van der Waals surface area contributed by atoms with Gasteiger partial charge in [-0.1, -0.05) is 19.9 Å². The lowest BCUT2D eigenvalue weighted by molar-refractivity contribution is -0.431. The van der Waals surface area contributed by atoms with E-state index in [2.05, 4.69) is 18.0 Å². The minimum absolute atomic E-state index is 0.0732. The Morgan fingerprint density at radius 2 is 2.22 bits per heavy atom. The summed E-state index contributed by atoms with van der Waals surface area (Å²) in [6, 6.07) is 6.06. The van der Waals surface area contributed by atoms with Crippen molar-refractivity contribution in [2.24, 2.45) is 5.92 Å². The van der Waals surface area contributed by atoms with E-state index >= 15 is 0 Å². The molecule has 0 aliphatic carbocycles. The molecule has 96 valence electrons. The summed E-state index contributed by atoms with van der Waals surface area (Å²) in [7, 11) is 2.07. The molecule has 0 aromatic heterocycles. The number of nitro groups is 1. The van der Waals surface area contributed by atoms with E-state index in [4.69, 9.17) is 0 Å². The van der Waals surface area contributed by atoms with Crippen LogP contribution in [0.2, 0.25) is 0 Å². The fourth-order valence-electron chi connectivity index (χ4n) is 2.28. The Morgan fingerprint density at radius 1 is 1.50 bits per heavy atom. The number of hydrogen-bond acceptors (Lipinski definition) is 3. The summed E-state index contributed by atoms with van der Waals surface area (Å²) in [5.41, 5.74) is 3.70. The minimum atomic E-state index is -0.288. The van der Waals surface area contributed by atoms with Crippen molar-refractivity contribution in [2.45, 2.75) is 20.3 Å². The van der Waals surface area contributed by atoms with E-state index < -0.39 is 0 Å². The molecule has 0 atom stereocenters. The summed E-state index contributed by atoms with van der Waals surface area (Å²) in [6.45, 7) is 4.71. The van der Waals surface area contributed by atoms with Gasteiger partial charge in [0.25, 0.3) is 0 Å². The van der Waals surface area contributed by atoms with Crippen LogP contribution in [-0.2, 0) is 6.42 Å². The van der Waals surface area contributed by atoms with Gasteiger partial charge in [0, 0.05) is 31.3 Å². The van der Waals surface area contributed by atoms with Crippen LogP contribution in [0.3, 0.4) is 0 Å². The van der Waals surface area contributed by atoms with Gasteiger partial charge in [0.15, 0.2) is 0 Å². The van der Waals surface area contributed by atoms with Gasteiger partial charge in [-0.2, -0.15) is 0 Å². The molecule has 1 aromatic carbocycles. The standard InChI is InChI=1S/C14H18N2O2/c1-10(2)14(16(17)18)9-11-4-5-13-12(8-11)6-7-15(13)3/h4-5,8-10H,6-7H2,1-3H3/b14-9-. The normalized spacial score (nSPS) is 15.1. The van der Waals surface area contributed by atoms with Crippen molar-refractivity contribution >= 4 is 11.8 Å². The molecule has 0 fully saturated rings. The number of nitrogens with zero attached hydrogens (tertiary/aromatic N) is 2. The minimum Gasteiger partial charge on any atom is -0.374 e. The second-order valence-corrected chi connectivity index (χ2v) is 5.04. The van der Waals surface area contributed by atoms with Crippen molar-refractivity contribution in [1.29, 1.82) is 0 Å². The number of hydrogen-bond donors (Lipinski definition) is 0. The van der Waals surface area contributed by atoms with Crippen molar-refractivity contribution in [3.63, 3.8) is 0 Å². The van der Waals surface area contributed by atoms with Gasteiger partial charge in [-0.15, -0.1) is 0 Å². The first-order valence-electron chi connectivity index (χ1n) is 6.19. The molecular formula is C14H18N2O2. The van der Waals surface area contributed by atoms with Crippen molar-refractivity contribution in [2.75, 3.05) is 18.5 Å². The van der Waals surface area contributed by atoms with E-state index in [1.165, 1.54) is 11.3 Å². The van der Waals surface area contributed by atoms with Crippen LogP contribution in [-0.4, -0.2) is 18.5 Å². The summed E-state index contributed by atoms with van der Waals surface area (Å²) in [4.78, 5) is 12.9. The molecule has 1 heterocycles. The third kappa shape index (κ3) is 2.37. The first-order chi connectivity index (χ1) is 8.49. The fraction of sp³-hybridized carbons (Fsp3) is 0.429. The van der Waals surface area contributed by atoms with Crippen molar-refractivity contribution in [1.82, 2.24) is 0 Å². The zero-order valence-corrected chi connectivity index (χ0v) is 11.0. The number of allylic oxidation sites excluding steroid dienone is 1. The summed E-state index contributed by atoms with van der Waals surface area (Å²) >= 11 is 0. The second-order valence-electron chi connectivity index (χ2n) is 5.04. The van der Waals surface area contributed by atoms with Crippen molar-refractivity contribution < 1.29 is 4.92 Å². The van der Waals surface area contributed by atoms with Gasteiger partial charge in [0.05, 0.1) is 4.92 Å². The van der Waals surface area contributed by atoms with Crippen LogP contribution in [0.4, 0.5) is 5.69 Å². The van der Waals surface area contributed by atoms with Gasteiger partial charge in [-0.25, -0.2) is 0 Å². The largest absolute Gasteiger partial charge is 0.374 e. The Labute approximate surface area is 107 Å². The number of anilines is 1. The summed E-state index contributed by atoms with van der Waals surface area (Å²) in [5.74, 6) is -0.0732. The van der Waals surface area contributed by atoms with E-state index in [1.54, 1.807) is 6.08 Å².